The maximum Gasteiger partial charge on any atom is 0.343 e. The molecule has 1 aromatic carbocycles. The van der Waals surface area contributed by atoms with E-state index in [2.05, 4.69) is 10.1 Å². The number of hydrogen-bond donors (Lipinski definition) is 1. The average molecular weight is 258 g/mol. The summed E-state index contributed by atoms with van der Waals surface area (Å²) in [6.45, 7) is 0.984. The van der Waals surface area contributed by atoms with Crippen LogP contribution in [0, 0.1) is 0 Å². The number of methoxy groups -OCH3 is 1. The highest BCUT2D eigenvalue weighted by Gasteiger charge is 2.09. The summed E-state index contributed by atoms with van der Waals surface area (Å²) < 4.78 is 9.83. The second-order valence-electron chi connectivity index (χ2n) is 3.71. The molecule has 0 saturated heterocycles. The second kappa shape index (κ2) is 6.35. The van der Waals surface area contributed by atoms with Crippen molar-refractivity contribution in [2.75, 3.05) is 25.6 Å². The van der Waals surface area contributed by atoms with E-state index in [1.54, 1.807) is 0 Å². The molecule has 0 amide bonds. The topological polar surface area (TPSA) is 47.6 Å². The van der Waals surface area contributed by atoms with Gasteiger partial charge in [-0.3, -0.25) is 0 Å². The molecule has 0 atom stereocenters. The Hall–Kier alpha value is -1.42. The lowest BCUT2D eigenvalue weighted by atomic mass is 10.0. The van der Waals surface area contributed by atoms with Crippen LogP contribution in [0.4, 0.5) is 5.69 Å². The number of nitrogens with one attached hydrogen (secondary N) is 1. The summed E-state index contributed by atoms with van der Waals surface area (Å²) in [5.41, 5.74) is 2.41. The van der Waals surface area contributed by atoms with Crippen molar-refractivity contribution in [3.05, 3.63) is 23.8 Å². The predicted molar refractivity (Wildman–Crippen MR) is 68.0 cm³/mol. The molecule has 0 saturated carbocycles. The van der Waals surface area contributed by atoms with E-state index < -0.39 is 0 Å². The molecule has 0 unspecified atom stereocenters. The van der Waals surface area contributed by atoms with Gasteiger partial charge in [0, 0.05) is 12.2 Å². The minimum atomic E-state index is -0.365. The van der Waals surface area contributed by atoms with E-state index in [4.69, 9.17) is 4.74 Å². The van der Waals surface area contributed by atoms with Crippen molar-refractivity contribution >= 4 is 24.1 Å². The zero-order chi connectivity index (χ0) is 11.4. The van der Waals surface area contributed by atoms with Crippen molar-refractivity contribution in [1.29, 1.82) is 0 Å². The number of aryl methyl sites for hydroxylation is 1. The third kappa shape index (κ3) is 3.53. The van der Waals surface area contributed by atoms with Crippen LogP contribution in [-0.2, 0) is 16.0 Å². The lowest BCUT2D eigenvalue weighted by molar-refractivity contribution is -0.142. The number of fused-ring (bicyclic) bond motifs is 1. The molecule has 1 N–H and O–H groups in total. The first-order valence-corrected chi connectivity index (χ1v) is 5.36. The Balaban J connectivity index is 0.00000144. The van der Waals surface area contributed by atoms with Crippen LogP contribution in [0.3, 0.4) is 0 Å². The minimum absolute atomic E-state index is 0. The van der Waals surface area contributed by atoms with Crippen LogP contribution in [0.1, 0.15) is 12.0 Å². The molecular formula is C12H16ClNO3. The number of anilines is 1. The number of carbonyl (C=O) groups excluding carboxylic acids is 1. The molecule has 0 aromatic heterocycles. The van der Waals surface area contributed by atoms with Crippen LogP contribution in [0.2, 0.25) is 0 Å². The molecular weight excluding hydrogens is 242 g/mol. The fourth-order valence-electron chi connectivity index (χ4n) is 1.74. The van der Waals surface area contributed by atoms with Crippen molar-refractivity contribution in [1.82, 2.24) is 0 Å². The second-order valence-corrected chi connectivity index (χ2v) is 3.71. The molecule has 1 heterocycles. The molecule has 0 fully saturated rings. The van der Waals surface area contributed by atoms with Crippen LogP contribution >= 0.6 is 12.4 Å². The molecule has 0 bridgehead atoms. The quantitative estimate of drug-likeness (QED) is 0.842. The van der Waals surface area contributed by atoms with E-state index in [0.29, 0.717) is 5.75 Å². The van der Waals surface area contributed by atoms with Gasteiger partial charge in [0.25, 0.3) is 0 Å². The van der Waals surface area contributed by atoms with Gasteiger partial charge in [-0.1, -0.05) is 0 Å². The maximum absolute atomic E-state index is 10.9. The zero-order valence-electron chi connectivity index (χ0n) is 9.69. The molecule has 0 spiro atoms. The lowest BCUT2D eigenvalue weighted by Crippen LogP contribution is -2.14. The number of hydrogen-bond acceptors (Lipinski definition) is 4. The van der Waals surface area contributed by atoms with Crippen molar-refractivity contribution in [3.8, 4) is 5.75 Å². The Morgan fingerprint density at radius 2 is 2.29 bits per heavy atom. The van der Waals surface area contributed by atoms with Gasteiger partial charge in [0.15, 0.2) is 6.61 Å². The van der Waals surface area contributed by atoms with Crippen LogP contribution in [-0.4, -0.2) is 26.2 Å². The van der Waals surface area contributed by atoms with E-state index in [1.165, 1.54) is 12.7 Å². The number of rotatable bonds is 3. The number of ether oxygens (including phenoxy) is 2. The summed E-state index contributed by atoms with van der Waals surface area (Å²) in [5.74, 6) is 0.351. The molecule has 0 aliphatic carbocycles. The Bertz CT molecular complexity index is 395. The number of esters is 1. The average Bonchev–Trinajstić information content (AvgIpc) is 2.35. The summed E-state index contributed by atoms with van der Waals surface area (Å²) in [4.78, 5) is 10.9. The zero-order valence-corrected chi connectivity index (χ0v) is 10.5. The number of carbonyl (C=O) groups is 1. The molecule has 2 rings (SSSR count). The summed E-state index contributed by atoms with van der Waals surface area (Å²) in [6.07, 6.45) is 2.19. The van der Waals surface area contributed by atoms with Gasteiger partial charge in [-0.05, 0) is 36.6 Å². The van der Waals surface area contributed by atoms with Gasteiger partial charge in [-0.15, -0.1) is 12.4 Å². The van der Waals surface area contributed by atoms with E-state index in [0.717, 1.165) is 25.1 Å². The highest BCUT2D eigenvalue weighted by molar-refractivity contribution is 5.85. The van der Waals surface area contributed by atoms with Gasteiger partial charge < -0.3 is 14.8 Å². The van der Waals surface area contributed by atoms with Crippen LogP contribution in [0.5, 0.6) is 5.75 Å². The van der Waals surface area contributed by atoms with Gasteiger partial charge in [0.1, 0.15) is 5.75 Å². The van der Waals surface area contributed by atoms with Gasteiger partial charge in [0.05, 0.1) is 7.11 Å². The summed E-state index contributed by atoms with van der Waals surface area (Å²) >= 11 is 0. The Morgan fingerprint density at radius 3 is 3.06 bits per heavy atom. The highest BCUT2D eigenvalue weighted by atomic mass is 35.5. The first-order valence-electron chi connectivity index (χ1n) is 5.36. The lowest BCUT2D eigenvalue weighted by Gasteiger charge is -2.18. The molecule has 94 valence electrons. The van der Waals surface area contributed by atoms with Gasteiger partial charge in [-0.25, -0.2) is 4.79 Å². The predicted octanol–water partition coefficient (Wildman–Crippen LogP) is 2.02. The molecule has 0 radical (unpaired) electrons. The monoisotopic (exact) mass is 257 g/mol. The van der Waals surface area contributed by atoms with E-state index in [1.807, 2.05) is 18.2 Å². The van der Waals surface area contributed by atoms with Gasteiger partial charge in [0.2, 0.25) is 0 Å². The van der Waals surface area contributed by atoms with E-state index in [-0.39, 0.29) is 25.0 Å². The molecule has 5 heteroatoms. The van der Waals surface area contributed by atoms with E-state index >= 15 is 0 Å². The third-order valence-corrected chi connectivity index (χ3v) is 2.60. The summed E-state index contributed by atoms with van der Waals surface area (Å²) in [7, 11) is 1.35. The summed E-state index contributed by atoms with van der Waals surface area (Å²) in [6, 6.07) is 5.83. The SMILES string of the molecule is COC(=O)COc1ccc2c(c1)CCCN2.Cl. The fourth-order valence-corrected chi connectivity index (χ4v) is 1.74. The minimum Gasteiger partial charge on any atom is -0.482 e. The van der Waals surface area contributed by atoms with Crippen molar-refractivity contribution in [3.63, 3.8) is 0 Å². The first kappa shape index (κ1) is 13.6. The van der Waals surface area contributed by atoms with Crippen LogP contribution < -0.4 is 10.1 Å². The third-order valence-electron chi connectivity index (χ3n) is 2.60. The van der Waals surface area contributed by atoms with Crippen molar-refractivity contribution < 1.29 is 14.3 Å². The maximum atomic E-state index is 10.9. The Labute approximate surface area is 107 Å². The fraction of sp³-hybridized carbons (Fsp3) is 0.417. The smallest absolute Gasteiger partial charge is 0.343 e. The highest BCUT2D eigenvalue weighted by Crippen LogP contribution is 2.26. The molecule has 17 heavy (non-hydrogen) atoms. The number of halogens is 1. The van der Waals surface area contributed by atoms with Crippen molar-refractivity contribution in [2.24, 2.45) is 0 Å². The Morgan fingerprint density at radius 1 is 1.47 bits per heavy atom. The molecule has 1 aromatic rings. The first-order chi connectivity index (χ1) is 7.79. The molecule has 1 aliphatic heterocycles. The Kier molecular flexibility index (Phi) is 5.10. The normalized spacial score (nSPS) is 12.8. The molecule has 1 aliphatic rings. The van der Waals surface area contributed by atoms with E-state index in [9.17, 15) is 4.79 Å². The van der Waals surface area contributed by atoms with Crippen molar-refractivity contribution in [2.45, 2.75) is 12.8 Å². The summed E-state index contributed by atoms with van der Waals surface area (Å²) in [5, 5.41) is 3.32. The van der Waals surface area contributed by atoms with Crippen LogP contribution in [0.15, 0.2) is 18.2 Å². The largest absolute Gasteiger partial charge is 0.482 e. The molecule has 4 nitrogen and oxygen atoms in total. The van der Waals surface area contributed by atoms with Crippen LogP contribution in [0.25, 0.3) is 0 Å². The number of benzene rings is 1. The standard InChI is InChI=1S/C12H15NO3.ClH/c1-15-12(14)8-16-10-4-5-11-9(7-10)3-2-6-13-11;/h4-5,7,13H,2-3,6,8H2,1H3;1H. The van der Waals surface area contributed by atoms with Gasteiger partial charge >= 0.3 is 5.97 Å². The van der Waals surface area contributed by atoms with Gasteiger partial charge in [-0.2, -0.15) is 0 Å².